The van der Waals surface area contributed by atoms with E-state index >= 15 is 0 Å². The van der Waals surface area contributed by atoms with E-state index in [0.29, 0.717) is 22.6 Å². The standard InChI is InChI=1S/C25H22N2O3/c1-17-7-3-5-9-22(17)25(29)27(20-11-13-21(30-2)14-12-20)16-19-15-18-8-4-6-10-23(18)26-24(19)28/h3-15H,16H2,1-2H3,(H,26,28). The van der Waals surface area contributed by atoms with Crippen LogP contribution in [0.25, 0.3) is 10.9 Å². The number of fused-ring (bicyclic) bond motifs is 1. The van der Waals surface area contributed by atoms with Crippen molar-refractivity contribution in [2.24, 2.45) is 0 Å². The summed E-state index contributed by atoms with van der Waals surface area (Å²) in [6.07, 6.45) is 0. The van der Waals surface area contributed by atoms with Crippen LogP contribution in [0, 0.1) is 6.92 Å². The lowest BCUT2D eigenvalue weighted by Gasteiger charge is -2.24. The van der Waals surface area contributed by atoms with Crippen molar-refractivity contribution in [3.8, 4) is 5.75 Å². The lowest BCUT2D eigenvalue weighted by molar-refractivity contribution is 0.0984. The fraction of sp³-hybridized carbons (Fsp3) is 0.120. The zero-order chi connectivity index (χ0) is 21.1. The molecular weight excluding hydrogens is 376 g/mol. The fourth-order valence-electron chi connectivity index (χ4n) is 3.48. The van der Waals surface area contributed by atoms with E-state index in [9.17, 15) is 9.59 Å². The van der Waals surface area contributed by atoms with Crippen LogP contribution in [0.4, 0.5) is 5.69 Å². The Hall–Kier alpha value is -3.86. The van der Waals surface area contributed by atoms with Crippen LogP contribution < -0.4 is 15.2 Å². The first-order chi connectivity index (χ1) is 14.6. The number of hydrogen-bond donors (Lipinski definition) is 1. The molecule has 1 aromatic heterocycles. The van der Waals surface area contributed by atoms with Crippen molar-refractivity contribution >= 4 is 22.5 Å². The largest absolute Gasteiger partial charge is 0.497 e. The smallest absolute Gasteiger partial charge is 0.258 e. The number of nitrogens with one attached hydrogen (secondary N) is 1. The molecule has 1 heterocycles. The highest BCUT2D eigenvalue weighted by Crippen LogP contribution is 2.24. The van der Waals surface area contributed by atoms with Gasteiger partial charge in [-0.05, 0) is 60.3 Å². The third kappa shape index (κ3) is 3.82. The Morgan fingerprint density at radius 2 is 1.67 bits per heavy atom. The van der Waals surface area contributed by atoms with Gasteiger partial charge in [0.2, 0.25) is 0 Å². The maximum absolute atomic E-state index is 13.5. The molecule has 5 heteroatoms. The number of nitrogens with zero attached hydrogens (tertiary/aromatic N) is 1. The number of aryl methyl sites for hydroxylation is 1. The number of benzene rings is 3. The number of rotatable bonds is 5. The van der Waals surface area contributed by atoms with Crippen LogP contribution in [0.3, 0.4) is 0 Å². The first-order valence-corrected chi connectivity index (χ1v) is 9.69. The van der Waals surface area contributed by atoms with Crippen molar-refractivity contribution in [1.82, 2.24) is 4.98 Å². The van der Waals surface area contributed by atoms with Gasteiger partial charge in [0.05, 0.1) is 13.7 Å². The van der Waals surface area contributed by atoms with Gasteiger partial charge in [-0.2, -0.15) is 0 Å². The number of carbonyl (C=O) groups is 1. The molecule has 1 N–H and O–H groups in total. The minimum Gasteiger partial charge on any atom is -0.497 e. The summed E-state index contributed by atoms with van der Waals surface area (Å²) in [7, 11) is 1.60. The summed E-state index contributed by atoms with van der Waals surface area (Å²) in [5.74, 6) is 0.538. The van der Waals surface area contributed by atoms with Crippen LogP contribution in [-0.2, 0) is 6.54 Å². The molecule has 0 aliphatic carbocycles. The van der Waals surface area contributed by atoms with Gasteiger partial charge in [0.15, 0.2) is 0 Å². The number of pyridine rings is 1. The van der Waals surface area contributed by atoms with Crippen LogP contribution in [-0.4, -0.2) is 18.0 Å². The van der Waals surface area contributed by atoms with Crippen LogP contribution in [0.2, 0.25) is 0 Å². The summed E-state index contributed by atoms with van der Waals surface area (Å²) in [5, 5.41) is 0.921. The van der Waals surface area contributed by atoms with Gasteiger partial charge in [-0.3, -0.25) is 9.59 Å². The third-order valence-electron chi connectivity index (χ3n) is 5.16. The van der Waals surface area contributed by atoms with E-state index in [0.717, 1.165) is 16.5 Å². The van der Waals surface area contributed by atoms with E-state index in [1.54, 1.807) is 30.2 Å². The molecule has 0 saturated heterocycles. The number of carbonyl (C=O) groups excluding carboxylic acids is 1. The van der Waals surface area contributed by atoms with Gasteiger partial charge in [0.1, 0.15) is 5.75 Å². The van der Waals surface area contributed by atoms with Crippen molar-refractivity contribution in [3.63, 3.8) is 0 Å². The van der Waals surface area contributed by atoms with Crippen LogP contribution >= 0.6 is 0 Å². The monoisotopic (exact) mass is 398 g/mol. The van der Waals surface area contributed by atoms with Crippen LogP contribution in [0.15, 0.2) is 83.7 Å². The lowest BCUT2D eigenvalue weighted by atomic mass is 10.1. The summed E-state index contributed by atoms with van der Waals surface area (Å²) in [6, 6.07) is 24.2. The first-order valence-electron chi connectivity index (χ1n) is 9.69. The number of methoxy groups -OCH3 is 1. The first kappa shape index (κ1) is 19.5. The lowest BCUT2D eigenvalue weighted by Crippen LogP contribution is -2.33. The molecule has 3 aromatic carbocycles. The topological polar surface area (TPSA) is 62.4 Å². The normalized spacial score (nSPS) is 10.7. The van der Waals surface area contributed by atoms with Gasteiger partial charge in [-0.15, -0.1) is 0 Å². The molecule has 4 rings (SSSR count). The molecule has 1 amide bonds. The minimum absolute atomic E-state index is 0.152. The summed E-state index contributed by atoms with van der Waals surface area (Å²) in [5.41, 5.74) is 3.26. The quantitative estimate of drug-likeness (QED) is 0.530. The second-order valence-electron chi connectivity index (χ2n) is 7.12. The average Bonchev–Trinajstić information content (AvgIpc) is 2.77. The highest BCUT2D eigenvalue weighted by Gasteiger charge is 2.21. The molecular formula is C25H22N2O3. The van der Waals surface area contributed by atoms with Gasteiger partial charge in [0.25, 0.3) is 11.5 Å². The van der Waals surface area contributed by atoms with E-state index in [1.807, 2.05) is 67.6 Å². The van der Waals surface area contributed by atoms with Gasteiger partial charge in [0, 0.05) is 22.3 Å². The summed E-state index contributed by atoms with van der Waals surface area (Å²) in [4.78, 5) is 30.7. The Kier molecular flexibility index (Phi) is 5.35. The van der Waals surface area contributed by atoms with Gasteiger partial charge < -0.3 is 14.6 Å². The number of para-hydroxylation sites is 1. The number of anilines is 1. The molecule has 150 valence electrons. The van der Waals surface area contributed by atoms with Crippen molar-refractivity contribution in [2.75, 3.05) is 12.0 Å². The maximum Gasteiger partial charge on any atom is 0.258 e. The van der Waals surface area contributed by atoms with Crippen molar-refractivity contribution < 1.29 is 9.53 Å². The summed E-state index contributed by atoms with van der Waals surface area (Å²) >= 11 is 0. The second kappa shape index (κ2) is 8.25. The molecule has 4 aromatic rings. The Labute approximate surface area is 174 Å². The van der Waals surface area contributed by atoms with E-state index in [4.69, 9.17) is 4.74 Å². The van der Waals surface area contributed by atoms with Gasteiger partial charge in [-0.1, -0.05) is 36.4 Å². The van der Waals surface area contributed by atoms with E-state index in [1.165, 1.54) is 0 Å². The molecule has 0 aliphatic heterocycles. The molecule has 0 bridgehead atoms. The molecule has 0 spiro atoms. The van der Waals surface area contributed by atoms with E-state index < -0.39 is 0 Å². The Morgan fingerprint density at radius 1 is 0.967 bits per heavy atom. The number of ether oxygens (including phenoxy) is 1. The molecule has 5 nitrogen and oxygen atoms in total. The molecule has 0 aliphatic rings. The Bertz CT molecular complexity index is 1260. The number of aromatic nitrogens is 1. The Morgan fingerprint density at radius 3 is 2.40 bits per heavy atom. The number of aromatic amines is 1. The SMILES string of the molecule is COc1ccc(N(Cc2cc3ccccc3[nH]c2=O)C(=O)c2ccccc2C)cc1. The van der Waals surface area contributed by atoms with Gasteiger partial charge >= 0.3 is 0 Å². The highest BCUT2D eigenvalue weighted by atomic mass is 16.5. The molecule has 0 fully saturated rings. The van der Waals surface area contributed by atoms with Crippen LogP contribution in [0.1, 0.15) is 21.5 Å². The molecule has 0 atom stereocenters. The zero-order valence-corrected chi connectivity index (χ0v) is 16.9. The van der Waals surface area contributed by atoms with Crippen molar-refractivity contribution in [2.45, 2.75) is 13.5 Å². The zero-order valence-electron chi connectivity index (χ0n) is 16.9. The number of H-pyrrole nitrogens is 1. The molecule has 30 heavy (non-hydrogen) atoms. The van der Waals surface area contributed by atoms with Gasteiger partial charge in [-0.25, -0.2) is 0 Å². The molecule has 0 radical (unpaired) electrons. The number of amides is 1. The summed E-state index contributed by atoms with van der Waals surface area (Å²) < 4.78 is 5.24. The second-order valence-corrected chi connectivity index (χ2v) is 7.12. The minimum atomic E-state index is -0.204. The number of hydrogen-bond acceptors (Lipinski definition) is 3. The predicted octanol–water partition coefficient (Wildman–Crippen LogP) is 4.69. The summed E-state index contributed by atoms with van der Waals surface area (Å²) in [6.45, 7) is 2.06. The van der Waals surface area contributed by atoms with Crippen molar-refractivity contribution in [3.05, 3.63) is 106 Å². The Balaban J connectivity index is 1.79. The van der Waals surface area contributed by atoms with E-state index in [-0.39, 0.29) is 18.0 Å². The van der Waals surface area contributed by atoms with Crippen molar-refractivity contribution in [1.29, 1.82) is 0 Å². The fourth-order valence-corrected chi connectivity index (χ4v) is 3.48. The van der Waals surface area contributed by atoms with Crippen LogP contribution in [0.5, 0.6) is 5.75 Å². The van der Waals surface area contributed by atoms with E-state index in [2.05, 4.69) is 4.98 Å². The predicted molar refractivity (Wildman–Crippen MR) is 119 cm³/mol. The third-order valence-corrected chi connectivity index (χ3v) is 5.16. The maximum atomic E-state index is 13.5. The molecule has 0 saturated carbocycles. The highest BCUT2D eigenvalue weighted by molar-refractivity contribution is 6.07. The average molecular weight is 398 g/mol. The molecule has 0 unspecified atom stereocenters.